The number of hydrogen-bond donors (Lipinski definition) is 1. The zero-order valence-corrected chi connectivity index (χ0v) is 12.0. The number of nitrogens with one attached hydrogen (secondary N) is 1. The van der Waals surface area contributed by atoms with E-state index in [1.54, 1.807) is 0 Å². The van der Waals surface area contributed by atoms with Gasteiger partial charge in [0, 0.05) is 26.2 Å². The van der Waals surface area contributed by atoms with Gasteiger partial charge in [-0.3, -0.25) is 0 Å². The zero-order chi connectivity index (χ0) is 12.7. The second-order valence-electron chi connectivity index (χ2n) is 5.42. The van der Waals surface area contributed by atoms with Crippen LogP contribution in [0.4, 0.5) is 0 Å². The second-order valence-corrected chi connectivity index (χ2v) is 5.42. The molecule has 1 aliphatic rings. The van der Waals surface area contributed by atoms with E-state index in [9.17, 15) is 0 Å². The first kappa shape index (κ1) is 14.9. The van der Waals surface area contributed by atoms with Crippen LogP contribution >= 0.6 is 0 Å². The fraction of sp³-hybridized carbons (Fsp3) is 1.00. The number of ether oxygens (including phenoxy) is 1. The van der Waals surface area contributed by atoms with Crippen molar-refractivity contribution in [1.29, 1.82) is 0 Å². The number of likely N-dealkylation sites (tertiary alicyclic amines) is 1. The van der Waals surface area contributed by atoms with E-state index in [4.69, 9.17) is 4.74 Å². The highest BCUT2D eigenvalue weighted by Crippen LogP contribution is 2.18. The lowest BCUT2D eigenvalue weighted by molar-refractivity contribution is 0.150. The van der Waals surface area contributed by atoms with E-state index >= 15 is 0 Å². The molecule has 3 unspecified atom stereocenters. The lowest BCUT2D eigenvalue weighted by Gasteiger charge is -2.28. The third-order valence-electron chi connectivity index (χ3n) is 4.02. The van der Waals surface area contributed by atoms with Gasteiger partial charge in [0.1, 0.15) is 0 Å². The molecule has 3 heteroatoms. The quantitative estimate of drug-likeness (QED) is 0.704. The van der Waals surface area contributed by atoms with E-state index < -0.39 is 0 Å². The average molecular weight is 242 g/mol. The van der Waals surface area contributed by atoms with E-state index in [0.717, 1.165) is 25.0 Å². The lowest BCUT2D eigenvalue weighted by Crippen LogP contribution is -2.44. The van der Waals surface area contributed by atoms with Crippen molar-refractivity contribution in [1.82, 2.24) is 10.2 Å². The van der Waals surface area contributed by atoms with E-state index in [2.05, 4.69) is 31.0 Å². The average Bonchev–Trinajstić information content (AvgIpc) is 2.76. The van der Waals surface area contributed by atoms with Crippen LogP contribution in [-0.2, 0) is 4.74 Å². The van der Waals surface area contributed by atoms with E-state index in [0.29, 0.717) is 6.04 Å². The summed E-state index contributed by atoms with van der Waals surface area (Å²) in [7, 11) is 1.81. The molecule has 0 amide bonds. The van der Waals surface area contributed by atoms with Crippen molar-refractivity contribution in [3.05, 3.63) is 0 Å². The Hall–Kier alpha value is -0.120. The summed E-state index contributed by atoms with van der Waals surface area (Å²) in [6.45, 7) is 12.5. The Morgan fingerprint density at radius 2 is 2.18 bits per heavy atom. The molecule has 1 aliphatic heterocycles. The summed E-state index contributed by atoms with van der Waals surface area (Å²) in [6, 6.07) is 0.645. The Morgan fingerprint density at radius 1 is 1.41 bits per heavy atom. The van der Waals surface area contributed by atoms with Crippen LogP contribution in [0, 0.1) is 11.8 Å². The molecule has 1 N–H and O–H groups in total. The molecule has 0 saturated carbocycles. The predicted molar refractivity (Wildman–Crippen MR) is 73.3 cm³/mol. The fourth-order valence-corrected chi connectivity index (χ4v) is 2.72. The van der Waals surface area contributed by atoms with Crippen molar-refractivity contribution in [2.45, 2.75) is 39.7 Å². The monoisotopic (exact) mass is 242 g/mol. The molecule has 0 spiro atoms. The van der Waals surface area contributed by atoms with Gasteiger partial charge in [-0.2, -0.15) is 0 Å². The SMILES string of the molecule is CCNC(CN1CCC(COC)C1)C(C)CC. The minimum absolute atomic E-state index is 0.645. The van der Waals surface area contributed by atoms with Crippen molar-refractivity contribution in [2.75, 3.05) is 39.9 Å². The molecule has 0 radical (unpaired) electrons. The molecule has 0 aromatic rings. The molecule has 0 aliphatic carbocycles. The van der Waals surface area contributed by atoms with Gasteiger partial charge in [-0.05, 0) is 31.3 Å². The van der Waals surface area contributed by atoms with Gasteiger partial charge in [-0.1, -0.05) is 27.2 Å². The van der Waals surface area contributed by atoms with Crippen molar-refractivity contribution in [3.8, 4) is 0 Å². The van der Waals surface area contributed by atoms with Gasteiger partial charge in [0.05, 0.1) is 6.61 Å². The van der Waals surface area contributed by atoms with Crippen molar-refractivity contribution in [2.24, 2.45) is 11.8 Å². The standard InChI is InChI=1S/C14H30N2O/c1-5-12(3)14(15-6-2)10-16-8-7-13(9-16)11-17-4/h12-15H,5-11H2,1-4H3. The van der Waals surface area contributed by atoms with Gasteiger partial charge < -0.3 is 15.0 Å². The van der Waals surface area contributed by atoms with Gasteiger partial charge in [-0.15, -0.1) is 0 Å². The third-order valence-corrected chi connectivity index (χ3v) is 4.02. The largest absolute Gasteiger partial charge is 0.384 e. The molecular formula is C14H30N2O. The summed E-state index contributed by atoms with van der Waals surface area (Å²) in [5, 5.41) is 3.63. The molecule has 0 aromatic heterocycles. The van der Waals surface area contributed by atoms with Crippen molar-refractivity contribution < 1.29 is 4.74 Å². The number of likely N-dealkylation sites (N-methyl/N-ethyl adjacent to an activating group) is 1. The Kier molecular flexibility index (Phi) is 7.09. The maximum atomic E-state index is 5.25. The van der Waals surface area contributed by atoms with Crippen LogP contribution in [0.25, 0.3) is 0 Å². The summed E-state index contributed by atoms with van der Waals surface area (Å²) in [5.41, 5.74) is 0. The fourth-order valence-electron chi connectivity index (χ4n) is 2.72. The first-order valence-electron chi connectivity index (χ1n) is 7.15. The molecule has 3 nitrogen and oxygen atoms in total. The van der Waals surface area contributed by atoms with Crippen LogP contribution in [0.15, 0.2) is 0 Å². The van der Waals surface area contributed by atoms with Gasteiger partial charge >= 0.3 is 0 Å². The molecular weight excluding hydrogens is 212 g/mol. The zero-order valence-electron chi connectivity index (χ0n) is 12.0. The predicted octanol–water partition coefficient (Wildman–Crippen LogP) is 1.98. The highest BCUT2D eigenvalue weighted by molar-refractivity contribution is 4.82. The highest BCUT2D eigenvalue weighted by atomic mass is 16.5. The first-order chi connectivity index (χ1) is 8.21. The van der Waals surface area contributed by atoms with Gasteiger partial charge in [0.15, 0.2) is 0 Å². The topological polar surface area (TPSA) is 24.5 Å². The molecule has 1 rings (SSSR count). The molecule has 1 saturated heterocycles. The summed E-state index contributed by atoms with van der Waals surface area (Å²) in [6.07, 6.45) is 2.56. The number of nitrogens with zero attached hydrogens (tertiary/aromatic N) is 1. The second kappa shape index (κ2) is 8.06. The van der Waals surface area contributed by atoms with E-state index in [1.165, 1.54) is 32.5 Å². The maximum Gasteiger partial charge on any atom is 0.0503 e. The highest BCUT2D eigenvalue weighted by Gasteiger charge is 2.25. The Morgan fingerprint density at radius 3 is 2.76 bits per heavy atom. The van der Waals surface area contributed by atoms with E-state index in [-0.39, 0.29) is 0 Å². The minimum atomic E-state index is 0.645. The molecule has 17 heavy (non-hydrogen) atoms. The molecule has 0 aromatic carbocycles. The number of rotatable bonds is 8. The minimum Gasteiger partial charge on any atom is -0.384 e. The van der Waals surface area contributed by atoms with Gasteiger partial charge in [-0.25, -0.2) is 0 Å². The maximum absolute atomic E-state index is 5.25. The number of methoxy groups -OCH3 is 1. The number of hydrogen-bond acceptors (Lipinski definition) is 3. The molecule has 0 bridgehead atoms. The molecule has 1 fully saturated rings. The molecule has 3 atom stereocenters. The first-order valence-corrected chi connectivity index (χ1v) is 7.15. The van der Waals surface area contributed by atoms with Crippen LogP contribution in [0.1, 0.15) is 33.6 Å². The van der Waals surface area contributed by atoms with Crippen LogP contribution in [0.3, 0.4) is 0 Å². The third kappa shape index (κ3) is 4.94. The molecule has 102 valence electrons. The van der Waals surface area contributed by atoms with Crippen molar-refractivity contribution >= 4 is 0 Å². The van der Waals surface area contributed by atoms with Crippen LogP contribution in [-0.4, -0.2) is 50.8 Å². The normalized spacial score (nSPS) is 25.1. The van der Waals surface area contributed by atoms with Gasteiger partial charge in [0.2, 0.25) is 0 Å². The Balaban J connectivity index is 2.35. The van der Waals surface area contributed by atoms with Crippen LogP contribution in [0.5, 0.6) is 0 Å². The molecule has 1 heterocycles. The summed E-state index contributed by atoms with van der Waals surface area (Å²) >= 11 is 0. The summed E-state index contributed by atoms with van der Waals surface area (Å²) in [5.74, 6) is 1.51. The van der Waals surface area contributed by atoms with E-state index in [1.807, 2.05) is 7.11 Å². The smallest absolute Gasteiger partial charge is 0.0503 e. The summed E-state index contributed by atoms with van der Waals surface area (Å²) < 4.78 is 5.25. The van der Waals surface area contributed by atoms with Gasteiger partial charge in [0.25, 0.3) is 0 Å². The summed E-state index contributed by atoms with van der Waals surface area (Å²) in [4.78, 5) is 2.60. The van der Waals surface area contributed by atoms with Crippen LogP contribution < -0.4 is 5.32 Å². The lowest BCUT2D eigenvalue weighted by atomic mass is 9.98. The van der Waals surface area contributed by atoms with Crippen LogP contribution in [0.2, 0.25) is 0 Å². The van der Waals surface area contributed by atoms with Crippen molar-refractivity contribution in [3.63, 3.8) is 0 Å². The Bertz CT molecular complexity index is 199. The Labute approximate surface area is 107 Å².